The van der Waals surface area contributed by atoms with Crippen molar-refractivity contribution >= 4 is 30.9 Å². The minimum atomic E-state index is -0.239. The first-order valence-corrected chi connectivity index (χ1v) is 4.58. The van der Waals surface area contributed by atoms with Crippen molar-refractivity contribution in [3.05, 3.63) is 10.1 Å². The van der Waals surface area contributed by atoms with E-state index in [9.17, 15) is 4.79 Å². The fourth-order valence-corrected chi connectivity index (χ4v) is 1.85. The van der Waals surface area contributed by atoms with E-state index in [1.54, 1.807) is 10.0 Å². The van der Waals surface area contributed by atoms with Gasteiger partial charge in [0.25, 0.3) is 0 Å². The molecule has 0 amide bonds. The molecule has 0 fully saturated rings. The van der Waals surface area contributed by atoms with Crippen LogP contribution in [0.5, 0.6) is 0 Å². The molecule has 0 spiro atoms. The average Bonchev–Trinajstić information content (AvgIpc) is 1.86. The van der Waals surface area contributed by atoms with Crippen LogP contribution < -0.4 is 0 Å². The molecule has 1 heterocycles. The van der Waals surface area contributed by atoms with Crippen LogP contribution in [0, 0.1) is 0 Å². The zero-order valence-corrected chi connectivity index (χ0v) is 5.64. The Bertz CT molecular complexity index is 110. The summed E-state index contributed by atoms with van der Waals surface area (Å²) in [4.78, 5) is 10.1. The molecule has 0 radical (unpaired) electrons. The van der Waals surface area contributed by atoms with E-state index < -0.39 is 0 Å². The summed E-state index contributed by atoms with van der Waals surface area (Å²) in [7, 11) is 0. The maximum absolute atomic E-state index is 10.1. The summed E-state index contributed by atoms with van der Waals surface area (Å²) in [5.74, 6) is 0.215. The Kier molecular flexibility index (Phi) is 1.21. The number of ketones is 1. The summed E-state index contributed by atoms with van der Waals surface area (Å²) in [5, 5.41) is 0. The van der Waals surface area contributed by atoms with E-state index in [1.165, 1.54) is 0 Å². The fourth-order valence-electron chi connectivity index (χ4n) is 0.276. The molecule has 2 heteroatoms. The molecule has 0 aliphatic carbocycles. The second-order valence-electron chi connectivity index (χ2n) is 0.996. The van der Waals surface area contributed by atoms with Gasteiger partial charge < -0.3 is 0 Å². The second-order valence-corrected chi connectivity index (χ2v) is 3.44. The molecular formula is C4H3OSb. The van der Waals surface area contributed by atoms with E-state index in [-0.39, 0.29) is 26.9 Å². The fraction of sp³-hybridized carbons (Fsp3) is 0. The van der Waals surface area contributed by atoms with Gasteiger partial charge in [0.05, 0.1) is 0 Å². The molecule has 0 aromatic rings. The molecule has 0 N–H and O–H groups in total. The molecule has 0 saturated heterocycles. The van der Waals surface area contributed by atoms with Gasteiger partial charge in [-0.1, -0.05) is 0 Å². The first-order chi connectivity index (χ1) is 2.89. The third-order valence-corrected chi connectivity index (χ3v) is 2.60. The van der Waals surface area contributed by atoms with Crippen molar-refractivity contribution in [3.8, 4) is 0 Å². The van der Waals surface area contributed by atoms with Crippen LogP contribution >= 0.6 is 0 Å². The third kappa shape index (κ3) is 0.781. The van der Waals surface area contributed by atoms with Gasteiger partial charge in [0.1, 0.15) is 0 Å². The number of rotatable bonds is 0. The molecule has 30 valence electrons. The Morgan fingerprint density at radius 2 is 2.50 bits per heavy atom. The quantitative estimate of drug-likeness (QED) is 0.473. The number of hydrogen-bond acceptors (Lipinski definition) is 1. The van der Waals surface area contributed by atoms with Crippen molar-refractivity contribution in [3.63, 3.8) is 0 Å². The van der Waals surface area contributed by atoms with E-state index in [1.807, 2.05) is 4.02 Å². The van der Waals surface area contributed by atoms with Crippen molar-refractivity contribution in [2.24, 2.45) is 0 Å². The standard InChI is InChI=1S/C4H3O.Sb/c1-3-4(2)5;/h1-3H;. The summed E-state index contributed by atoms with van der Waals surface area (Å²) in [6.45, 7) is 0. The van der Waals surface area contributed by atoms with E-state index in [0.717, 1.165) is 0 Å². The first-order valence-electron chi connectivity index (χ1n) is 1.63. The van der Waals surface area contributed by atoms with Crippen LogP contribution in [-0.2, 0) is 4.79 Å². The number of allylic oxidation sites excluding steroid dienone is 1. The van der Waals surface area contributed by atoms with E-state index in [2.05, 4.69) is 0 Å². The van der Waals surface area contributed by atoms with Crippen LogP contribution in [0.1, 0.15) is 0 Å². The number of carbonyl (C=O) groups is 1. The Hall–Kier alpha value is 0.0982. The molecule has 0 aromatic carbocycles. The molecule has 0 aromatic heterocycles. The van der Waals surface area contributed by atoms with Crippen molar-refractivity contribution in [1.82, 2.24) is 0 Å². The summed E-state index contributed by atoms with van der Waals surface area (Å²) < 4.78 is 3.80. The molecule has 0 saturated carbocycles. The van der Waals surface area contributed by atoms with Crippen LogP contribution in [0.15, 0.2) is 10.1 Å². The van der Waals surface area contributed by atoms with Crippen molar-refractivity contribution in [2.45, 2.75) is 0 Å². The Morgan fingerprint density at radius 1 is 1.67 bits per heavy atom. The maximum atomic E-state index is 10.1. The molecule has 6 heavy (non-hydrogen) atoms. The molecule has 1 aliphatic rings. The predicted octanol–water partition coefficient (Wildman–Crippen LogP) is -0.411. The Balaban J connectivity index is 2.86. The van der Waals surface area contributed by atoms with Gasteiger partial charge in [0.2, 0.25) is 0 Å². The monoisotopic (exact) mass is 188 g/mol. The van der Waals surface area contributed by atoms with Gasteiger partial charge in [-0.3, -0.25) is 0 Å². The second kappa shape index (κ2) is 1.70. The van der Waals surface area contributed by atoms with Crippen LogP contribution in [0.3, 0.4) is 0 Å². The first kappa shape index (κ1) is 4.26. The van der Waals surface area contributed by atoms with Crippen LogP contribution in [0.2, 0.25) is 0 Å². The van der Waals surface area contributed by atoms with Gasteiger partial charge in [-0.15, -0.1) is 0 Å². The number of hydrogen-bond donors (Lipinski definition) is 0. The van der Waals surface area contributed by atoms with E-state index in [0.29, 0.717) is 0 Å². The summed E-state index contributed by atoms with van der Waals surface area (Å²) in [5.41, 5.74) is 0. The van der Waals surface area contributed by atoms with E-state index >= 15 is 0 Å². The average molecular weight is 189 g/mol. The van der Waals surface area contributed by atoms with Crippen molar-refractivity contribution < 1.29 is 4.79 Å². The van der Waals surface area contributed by atoms with Gasteiger partial charge in [-0.05, 0) is 0 Å². The Labute approximate surface area is 46.1 Å². The van der Waals surface area contributed by atoms with Gasteiger partial charge in [0, 0.05) is 0 Å². The topological polar surface area (TPSA) is 17.1 Å². The van der Waals surface area contributed by atoms with Crippen molar-refractivity contribution in [1.29, 1.82) is 0 Å². The summed E-state index contributed by atoms with van der Waals surface area (Å²) >= 11 is -0.239. The van der Waals surface area contributed by atoms with Crippen LogP contribution in [0.25, 0.3) is 0 Å². The zero-order chi connectivity index (χ0) is 4.41. The SMILES string of the molecule is O=C1C=[CH][Sb]=[CH]1. The molecular weight excluding hydrogens is 186 g/mol. The molecule has 1 aliphatic heterocycles. The van der Waals surface area contributed by atoms with E-state index in [4.69, 9.17) is 0 Å². The predicted molar refractivity (Wildman–Crippen MR) is 26.0 cm³/mol. The summed E-state index contributed by atoms with van der Waals surface area (Å²) in [6, 6.07) is 0. The molecule has 0 unspecified atom stereocenters. The van der Waals surface area contributed by atoms with Gasteiger partial charge in [-0.25, -0.2) is 0 Å². The molecule has 1 nitrogen and oxygen atoms in total. The molecule has 1 rings (SSSR count). The van der Waals surface area contributed by atoms with Crippen LogP contribution in [-0.4, -0.2) is 30.9 Å². The van der Waals surface area contributed by atoms with Gasteiger partial charge >= 0.3 is 45.8 Å². The summed E-state index contributed by atoms with van der Waals surface area (Å²) in [6.07, 6.45) is 1.65. The van der Waals surface area contributed by atoms with Gasteiger partial charge in [0.15, 0.2) is 0 Å². The Morgan fingerprint density at radius 3 is 2.67 bits per heavy atom. The van der Waals surface area contributed by atoms with Crippen LogP contribution in [0.4, 0.5) is 0 Å². The minimum absolute atomic E-state index is 0.215. The molecule has 0 bridgehead atoms. The van der Waals surface area contributed by atoms with Gasteiger partial charge in [-0.2, -0.15) is 0 Å². The third-order valence-electron chi connectivity index (χ3n) is 0.527. The number of carbonyl (C=O) groups excluding carboxylic acids is 1. The molecule has 0 atom stereocenters. The normalized spacial score (nSPS) is 17.0. The zero-order valence-electron chi connectivity index (χ0n) is 3.09. The van der Waals surface area contributed by atoms with Crippen molar-refractivity contribution in [2.75, 3.05) is 0 Å².